The minimum Gasteiger partial charge on any atom is -0.395 e. The Morgan fingerprint density at radius 1 is 1.25 bits per heavy atom. The molecule has 0 spiro atoms. The van der Waals surface area contributed by atoms with Gasteiger partial charge in [-0.1, -0.05) is 30.0 Å². The van der Waals surface area contributed by atoms with Crippen LogP contribution in [0.4, 0.5) is 0 Å². The number of aliphatic hydroxyl groups excluding tert-OH is 1. The monoisotopic (exact) mass is 267 g/mol. The lowest BCUT2D eigenvalue weighted by Crippen LogP contribution is -2.21. The van der Waals surface area contributed by atoms with E-state index in [-0.39, 0.29) is 12.2 Å². The Hall–Kier alpha value is -2.31. The number of nitrogens with zero attached hydrogens (tertiary/aromatic N) is 1. The first-order chi connectivity index (χ1) is 9.70. The molecule has 1 N–H and O–H groups in total. The number of hydrogen-bond acceptors (Lipinski definition) is 2. The maximum absolute atomic E-state index is 12.0. The van der Waals surface area contributed by atoms with Crippen LogP contribution in [0.5, 0.6) is 0 Å². The summed E-state index contributed by atoms with van der Waals surface area (Å²) in [5, 5.41) is 8.71. The number of aryl methyl sites for hydroxylation is 1. The van der Waals surface area contributed by atoms with E-state index >= 15 is 0 Å². The second kappa shape index (κ2) is 6.74. The van der Waals surface area contributed by atoms with Crippen LogP contribution in [0.1, 0.15) is 23.1 Å². The fourth-order valence-electron chi connectivity index (χ4n) is 1.95. The van der Waals surface area contributed by atoms with Crippen LogP contribution in [-0.4, -0.2) is 16.3 Å². The zero-order valence-electron chi connectivity index (χ0n) is 11.5. The quantitative estimate of drug-likeness (QED) is 0.864. The Labute approximate surface area is 118 Å². The van der Waals surface area contributed by atoms with Crippen molar-refractivity contribution in [2.45, 2.75) is 19.9 Å². The zero-order chi connectivity index (χ0) is 14.4. The first-order valence-corrected chi connectivity index (χ1v) is 6.55. The standard InChI is InChI=1S/C17H17NO2/c1-14-6-5-10-18(17(14)20)13-16-9-4-8-15(12-16)7-2-3-11-19/h4-6,8-10,12,19H,3,11,13H2,1H3. The lowest BCUT2D eigenvalue weighted by Gasteiger charge is -2.07. The normalized spacial score (nSPS) is 9.90. The Morgan fingerprint density at radius 2 is 2.10 bits per heavy atom. The van der Waals surface area contributed by atoms with E-state index in [4.69, 9.17) is 5.11 Å². The average Bonchev–Trinajstić information content (AvgIpc) is 2.45. The summed E-state index contributed by atoms with van der Waals surface area (Å²) in [5.74, 6) is 5.89. The van der Waals surface area contributed by atoms with Crippen molar-refractivity contribution >= 4 is 0 Å². The minimum absolute atomic E-state index is 0.0317. The molecule has 0 atom stereocenters. The average molecular weight is 267 g/mol. The van der Waals surface area contributed by atoms with Crippen molar-refractivity contribution < 1.29 is 5.11 Å². The van der Waals surface area contributed by atoms with Gasteiger partial charge in [0.15, 0.2) is 0 Å². The number of benzene rings is 1. The number of rotatable bonds is 3. The second-order valence-corrected chi connectivity index (χ2v) is 4.60. The van der Waals surface area contributed by atoms with E-state index in [0.717, 1.165) is 16.7 Å². The van der Waals surface area contributed by atoms with Crippen LogP contribution < -0.4 is 5.56 Å². The summed E-state index contributed by atoms with van der Waals surface area (Å²) in [7, 11) is 0. The van der Waals surface area contributed by atoms with Crippen LogP contribution in [0.2, 0.25) is 0 Å². The van der Waals surface area contributed by atoms with Crippen molar-refractivity contribution in [1.82, 2.24) is 4.57 Å². The Balaban J connectivity index is 2.22. The zero-order valence-corrected chi connectivity index (χ0v) is 11.5. The Kier molecular flexibility index (Phi) is 4.75. The molecule has 0 saturated carbocycles. The topological polar surface area (TPSA) is 42.2 Å². The van der Waals surface area contributed by atoms with Gasteiger partial charge in [-0.3, -0.25) is 4.79 Å². The molecule has 1 aromatic heterocycles. The van der Waals surface area contributed by atoms with Crippen LogP contribution >= 0.6 is 0 Å². The molecular weight excluding hydrogens is 250 g/mol. The molecule has 0 amide bonds. The molecule has 0 aliphatic rings. The number of pyridine rings is 1. The van der Waals surface area contributed by atoms with Crippen LogP contribution in [0, 0.1) is 18.8 Å². The molecule has 3 nitrogen and oxygen atoms in total. The molecule has 1 aromatic carbocycles. The molecule has 20 heavy (non-hydrogen) atoms. The van der Waals surface area contributed by atoms with Gasteiger partial charge in [0.25, 0.3) is 5.56 Å². The summed E-state index contributed by atoms with van der Waals surface area (Å²) in [4.78, 5) is 12.0. The minimum atomic E-state index is 0.0317. The lowest BCUT2D eigenvalue weighted by molar-refractivity contribution is 0.305. The van der Waals surface area contributed by atoms with Crippen LogP contribution in [0.25, 0.3) is 0 Å². The van der Waals surface area contributed by atoms with Crippen molar-refractivity contribution in [3.63, 3.8) is 0 Å². The molecule has 3 heteroatoms. The van der Waals surface area contributed by atoms with Crippen LogP contribution in [0.15, 0.2) is 47.4 Å². The van der Waals surface area contributed by atoms with Gasteiger partial charge < -0.3 is 9.67 Å². The second-order valence-electron chi connectivity index (χ2n) is 4.60. The fourth-order valence-corrected chi connectivity index (χ4v) is 1.95. The lowest BCUT2D eigenvalue weighted by atomic mass is 10.1. The molecule has 0 fully saturated rings. The predicted molar refractivity (Wildman–Crippen MR) is 79.6 cm³/mol. The van der Waals surface area contributed by atoms with Crippen molar-refractivity contribution in [2.75, 3.05) is 6.61 Å². The van der Waals surface area contributed by atoms with E-state index in [1.165, 1.54) is 0 Å². The van der Waals surface area contributed by atoms with Crippen LogP contribution in [0.3, 0.4) is 0 Å². The molecule has 0 bridgehead atoms. The predicted octanol–water partition coefficient (Wildman–Crippen LogP) is 1.94. The highest BCUT2D eigenvalue weighted by Crippen LogP contribution is 2.06. The molecule has 0 unspecified atom stereocenters. The molecular formula is C17H17NO2. The van der Waals surface area contributed by atoms with Gasteiger partial charge in [0.05, 0.1) is 13.2 Å². The van der Waals surface area contributed by atoms with Gasteiger partial charge >= 0.3 is 0 Å². The molecule has 2 rings (SSSR count). The Bertz CT molecular complexity index is 705. The molecule has 0 saturated heterocycles. The third-order valence-corrected chi connectivity index (χ3v) is 2.96. The van der Waals surface area contributed by atoms with Gasteiger partial charge in [-0.05, 0) is 30.7 Å². The van der Waals surface area contributed by atoms with Gasteiger partial charge in [0.2, 0.25) is 0 Å². The fraction of sp³-hybridized carbons (Fsp3) is 0.235. The first kappa shape index (κ1) is 14.1. The third-order valence-electron chi connectivity index (χ3n) is 2.96. The maximum Gasteiger partial charge on any atom is 0.253 e. The Morgan fingerprint density at radius 3 is 2.90 bits per heavy atom. The van der Waals surface area contributed by atoms with E-state index in [1.54, 1.807) is 10.8 Å². The van der Waals surface area contributed by atoms with E-state index in [9.17, 15) is 4.79 Å². The summed E-state index contributed by atoms with van der Waals surface area (Å²) >= 11 is 0. The molecule has 0 radical (unpaired) electrons. The van der Waals surface area contributed by atoms with Gasteiger partial charge in [-0.2, -0.15) is 0 Å². The molecule has 2 aromatic rings. The van der Waals surface area contributed by atoms with E-state index in [1.807, 2.05) is 43.3 Å². The largest absolute Gasteiger partial charge is 0.395 e. The summed E-state index contributed by atoms with van der Waals surface area (Å²) in [5.41, 5.74) is 2.71. The number of aliphatic hydroxyl groups is 1. The van der Waals surface area contributed by atoms with Gasteiger partial charge in [-0.25, -0.2) is 0 Å². The van der Waals surface area contributed by atoms with Crippen LogP contribution in [-0.2, 0) is 6.54 Å². The van der Waals surface area contributed by atoms with E-state index in [0.29, 0.717) is 13.0 Å². The smallest absolute Gasteiger partial charge is 0.253 e. The van der Waals surface area contributed by atoms with Crippen molar-refractivity contribution in [2.24, 2.45) is 0 Å². The summed E-state index contributed by atoms with van der Waals surface area (Å²) in [6.07, 6.45) is 2.26. The highest BCUT2D eigenvalue weighted by Gasteiger charge is 2.00. The summed E-state index contributed by atoms with van der Waals surface area (Å²) in [6.45, 7) is 2.43. The van der Waals surface area contributed by atoms with Crippen molar-refractivity contribution in [3.8, 4) is 11.8 Å². The molecule has 0 aliphatic carbocycles. The molecule has 0 aliphatic heterocycles. The van der Waals surface area contributed by atoms with Gasteiger partial charge in [-0.15, -0.1) is 0 Å². The molecule has 102 valence electrons. The van der Waals surface area contributed by atoms with Crippen molar-refractivity contribution in [3.05, 3.63) is 69.6 Å². The van der Waals surface area contributed by atoms with E-state index < -0.39 is 0 Å². The van der Waals surface area contributed by atoms with Gasteiger partial charge in [0.1, 0.15) is 0 Å². The maximum atomic E-state index is 12.0. The number of hydrogen-bond donors (Lipinski definition) is 1. The van der Waals surface area contributed by atoms with Crippen molar-refractivity contribution in [1.29, 1.82) is 0 Å². The highest BCUT2D eigenvalue weighted by atomic mass is 16.2. The van der Waals surface area contributed by atoms with Gasteiger partial charge in [0, 0.05) is 23.7 Å². The number of aromatic nitrogens is 1. The summed E-state index contributed by atoms with van der Waals surface area (Å²) < 4.78 is 1.69. The van der Waals surface area contributed by atoms with E-state index in [2.05, 4.69) is 11.8 Å². The summed E-state index contributed by atoms with van der Waals surface area (Å²) in [6, 6.07) is 11.5. The highest BCUT2D eigenvalue weighted by molar-refractivity contribution is 5.37. The molecule has 1 heterocycles. The third kappa shape index (κ3) is 3.59. The first-order valence-electron chi connectivity index (χ1n) is 6.55. The SMILES string of the molecule is Cc1cccn(Cc2cccc(C#CCCO)c2)c1=O.